The molecule has 1 atom stereocenters. The second-order valence-corrected chi connectivity index (χ2v) is 5.95. The lowest BCUT2D eigenvalue weighted by atomic mass is 10.0. The van der Waals surface area contributed by atoms with E-state index in [0.29, 0.717) is 6.04 Å². The quantitative estimate of drug-likeness (QED) is 0.707. The molecule has 6 nitrogen and oxygen atoms in total. The number of carboxylic acids is 2. The van der Waals surface area contributed by atoms with Crippen LogP contribution in [0.25, 0.3) is 0 Å². The lowest BCUT2D eigenvalue weighted by Gasteiger charge is -2.33. The number of alkyl halides is 3. The highest BCUT2D eigenvalue weighted by Gasteiger charge is 2.38. The molecule has 0 aromatic heterocycles. The van der Waals surface area contributed by atoms with E-state index < -0.39 is 18.1 Å². The largest absolute Gasteiger partial charge is 0.490 e. The first-order valence-electron chi connectivity index (χ1n) is 8.24. The van der Waals surface area contributed by atoms with Gasteiger partial charge in [0, 0.05) is 24.7 Å². The molecule has 1 aromatic carbocycles. The lowest BCUT2D eigenvalue weighted by Crippen LogP contribution is -2.42. The first-order valence-corrected chi connectivity index (χ1v) is 8.24. The number of aliphatic carboxylic acids is 2. The Morgan fingerprint density at radius 3 is 2.35 bits per heavy atom. The maximum absolute atomic E-state index is 10.6. The van der Waals surface area contributed by atoms with Gasteiger partial charge < -0.3 is 20.4 Å². The number of halogens is 3. The number of para-hydroxylation sites is 1. The van der Waals surface area contributed by atoms with E-state index in [-0.39, 0.29) is 6.42 Å². The Hall–Kier alpha value is -2.29. The van der Waals surface area contributed by atoms with Crippen LogP contribution in [0.1, 0.15) is 25.7 Å². The van der Waals surface area contributed by atoms with E-state index in [2.05, 4.69) is 22.3 Å². The maximum atomic E-state index is 10.6. The van der Waals surface area contributed by atoms with Crippen LogP contribution in [0.2, 0.25) is 0 Å². The normalized spacial score (nSPS) is 17.7. The minimum atomic E-state index is -5.08. The Bertz CT molecular complexity index is 567. The standard InChI is InChI=1S/C15H22N2O2.C2HF3O2/c18-15(19)9-5-11-17-10-4-8-14(12-17)16-13-6-2-1-3-7-13;3-2(4,5)1(6)7/h1-3,6-7,14,16H,4-5,8-12H2,(H,18,19);(H,6,7). The van der Waals surface area contributed by atoms with E-state index in [1.807, 2.05) is 18.2 Å². The van der Waals surface area contributed by atoms with E-state index in [9.17, 15) is 18.0 Å². The number of nitrogens with zero attached hydrogens (tertiary/aromatic N) is 1. The topological polar surface area (TPSA) is 89.9 Å². The Kier molecular flexibility index (Phi) is 8.91. The van der Waals surface area contributed by atoms with Crippen LogP contribution >= 0.6 is 0 Å². The Balaban J connectivity index is 0.000000412. The van der Waals surface area contributed by atoms with E-state index >= 15 is 0 Å². The zero-order valence-corrected chi connectivity index (χ0v) is 14.2. The number of nitrogens with one attached hydrogen (secondary N) is 1. The molecule has 3 N–H and O–H groups in total. The van der Waals surface area contributed by atoms with Crippen molar-refractivity contribution in [3.8, 4) is 0 Å². The minimum Gasteiger partial charge on any atom is -0.481 e. The van der Waals surface area contributed by atoms with Crippen LogP contribution in [0, 0.1) is 0 Å². The molecule has 1 heterocycles. The van der Waals surface area contributed by atoms with Crippen molar-refractivity contribution < 1.29 is 33.0 Å². The van der Waals surface area contributed by atoms with Crippen molar-refractivity contribution in [1.82, 2.24) is 4.90 Å². The number of benzene rings is 1. The van der Waals surface area contributed by atoms with Crippen LogP contribution in [-0.4, -0.2) is 58.9 Å². The summed E-state index contributed by atoms with van der Waals surface area (Å²) in [5.74, 6) is -3.46. The van der Waals surface area contributed by atoms with Crippen molar-refractivity contribution in [1.29, 1.82) is 0 Å². The molecule has 1 unspecified atom stereocenters. The molecule has 0 amide bonds. The Labute approximate surface area is 149 Å². The summed E-state index contributed by atoms with van der Waals surface area (Å²) in [5, 5.41) is 19.3. The summed E-state index contributed by atoms with van der Waals surface area (Å²) in [6.07, 6.45) is -1.71. The van der Waals surface area contributed by atoms with Gasteiger partial charge in [-0.3, -0.25) is 4.79 Å². The van der Waals surface area contributed by atoms with Crippen molar-refractivity contribution in [3.63, 3.8) is 0 Å². The molecule has 1 aliphatic heterocycles. The number of carboxylic acid groups (broad SMARTS) is 2. The summed E-state index contributed by atoms with van der Waals surface area (Å²) in [4.78, 5) is 21.8. The number of carbonyl (C=O) groups is 2. The monoisotopic (exact) mass is 376 g/mol. The number of hydrogen-bond acceptors (Lipinski definition) is 4. The van der Waals surface area contributed by atoms with Gasteiger partial charge in [0.15, 0.2) is 0 Å². The first kappa shape index (κ1) is 21.8. The summed E-state index contributed by atoms with van der Waals surface area (Å²) in [6, 6.07) is 10.7. The molecule has 0 saturated carbocycles. The predicted octanol–water partition coefficient (Wildman–Crippen LogP) is 3.06. The van der Waals surface area contributed by atoms with Crippen molar-refractivity contribution in [3.05, 3.63) is 30.3 Å². The molecule has 146 valence electrons. The van der Waals surface area contributed by atoms with Crippen LogP contribution in [0.5, 0.6) is 0 Å². The summed E-state index contributed by atoms with van der Waals surface area (Å²) < 4.78 is 31.7. The molecule has 1 aromatic rings. The summed E-state index contributed by atoms with van der Waals surface area (Å²) in [7, 11) is 0. The van der Waals surface area contributed by atoms with Crippen LogP contribution in [0.15, 0.2) is 30.3 Å². The summed E-state index contributed by atoms with van der Waals surface area (Å²) in [6.45, 7) is 2.99. The Morgan fingerprint density at radius 2 is 1.81 bits per heavy atom. The van der Waals surface area contributed by atoms with E-state index in [1.54, 1.807) is 0 Å². The van der Waals surface area contributed by atoms with Gasteiger partial charge in [-0.15, -0.1) is 0 Å². The van der Waals surface area contributed by atoms with Crippen LogP contribution in [0.4, 0.5) is 18.9 Å². The number of likely N-dealkylation sites (tertiary alicyclic amines) is 1. The fraction of sp³-hybridized carbons (Fsp3) is 0.529. The first-order chi connectivity index (χ1) is 12.2. The average molecular weight is 376 g/mol. The van der Waals surface area contributed by atoms with Crippen molar-refractivity contribution in [2.75, 3.05) is 25.0 Å². The maximum Gasteiger partial charge on any atom is 0.490 e. The number of rotatable bonds is 6. The SMILES string of the molecule is O=C(O)C(F)(F)F.O=C(O)CCCN1CCCC(Nc2ccccc2)C1. The fourth-order valence-electron chi connectivity index (χ4n) is 2.60. The van der Waals surface area contributed by atoms with Crippen molar-refractivity contribution in [2.24, 2.45) is 0 Å². The highest BCUT2D eigenvalue weighted by atomic mass is 19.4. The summed E-state index contributed by atoms with van der Waals surface area (Å²) in [5.41, 5.74) is 1.17. The molecule has 0 bridgehead atoms. The van der Waals surface area contributed by atoms with Crippen LogP contribution in [0.3, 0.4) is 0 Å². The molecule has 2 rings (SSSR count). The second kappa shape index (κ2) is 10.6. The zero-order valence-electron chi connectivity index (χ0n) is 14.2. The highest BCUT2D eigenvalue weighted by molar-refractivity contribution is 5.73. The van der Waals surface area contributed by atoms with Gasteiger partial charge in [-0.05, 0) is 44.5 Å². The molecule has 0 aliphatic carbocycles. The minimum absolute atomic E-state index is 0.271. The number of anilines is 1. The molecule has 0 spiro atoms. The summed E-state index contributed by atoms with van der Waals surface area (Å²) >= 11 is 0. The smallest absolute Gasteiger partial charge is 0.481 e. The third-order valence-electron chi connectivity index (χ3n) is 3.76. The highest BCUT2D eigenvalue weighted by Crippen LogP contribution is 2.16. The fourth-order valence-corrected chi connectivity index (χ4v) is 2.60. The zero-order chi connectivity index (χ0) is 19.6. The van der Waals surface area contributed by atoms with Gasteiger partial charge >= 0.3 is 18.1 Å². The van der Waals surface area contributed by atoms with Gasteiger partial charge in [-0.1, -0.05) is 18.2 Å². The average Bonchev–Trinajstić information content (AvgIpc) is 2.55. The molecular weight excluding hydrogens is 353 g/mol. The van der Waals surface area contributed by atoms with E-state index in [0.717, 1.165) is 26.1 Å². The third kappa shape index (κ3) is 9.26. The van der Waals surface area contributed by atoms with Crippen LogP contribution in [-0.2, 0) is 9.59 Å². The van der Waals surface area contributed by atoms with Gasteiger partial charge in [0.2, 0.25) is 0 Å². The number of piperidine rings is 1. The van der Waals surface area contributed by atoms with Crippen molar-refractivity contribution >= 4 is 17.6 Å². The molecule has 0 radical (unpaired) electrons. The van der Waals surface area contributed by atoms with Gasteiger partial charge in [0.05, 0.1) is 0 Å². The van der Waals surface area contributed by atoms with Gasteiger partial charge in [0.1, 0.15) is 0 Å². The third-order valence-corrected chi connectivity index (χ3v) is 3.76. The second-order valence-electron chi connectivity index (χ2n) is 5.95. The molecule has 1 fully saturated rings. The van der Waals surface area contributed by atoms with E-state index in [1.165, 1.54) is 18.5 Å². The predicted molar refractivity (Wildman–Crippen MR) is 90.1 cm³/mol. The van der Waals surface area contributed by atoms with Gasteiger partial charge in [-0.25, -0.2) is 4.79 Å². The van der Waals surface area contributed by atoms with Gasteiger partial charge in [-0.2, -0.15) is 13.2 Å². The molecule has 9 heteroatoms. The van der Waals surface area contributed by atoms with E-state index in [4.69, 9.17) is 15.0 Å². The van der Waals surface area contributed by atoms with Crippen molar-refractivity contribution in [2.45, 2.75) is 37.9 Å². The lowest BCUT2D eigenvalue weighted by molar-refractivity contribution is -0.192. The Morgan fingerprint density at radius 1 is 1.19 bits per heavy atom. The molecular formula is C17H23F3N2O4. The van der Waals surface area contributed by atoms with Crippen LogP contribution < -0.4 is 5.32 Å². The number of hydrogen-bond donors (Lipinski definition) is 3. The molecule has 1 aliphatic rings. The van der Waals surface area contributed by atoms with Gasteiger partial charge in [0.25, 0.3) is 0 Å². The molecule has 1 saturated heterocycles. The molecule has 26 heavy (non-hydrogen) atoms.